The number of phenolic OH excluding ortho intramolecular Hbond substituents is 2. The first-order chi connectivity index (χ1) is 5.65. The van der Waals surface area contributed by atoms with Crippen molar-refractivity contribution in [1.82, 2.24) is 0 Å². The van der Waals surface area contributed by atoms with Crippen molar-refractivity contribution < 1.29 is 10.2 Å². The Kier molecular flexibility index (Phi) is 2.55. The van der Waals surface area contributed by atoms with Crippen LogP contribution in [0.2, 0.25) is 0 Å². The van der Waals surface area contributed by atoms with Crippen molar-refractivity contribution in [2.75, 3.05) is 6.54 Å². The van der Waals surface area contributed by atoms with E-state index < -0.39 is 0 Å². The fourth-order valence-corrected chi connectivity index (χ4v) is 1.08. The van der Waals surface area contributed by atoms with Gasteiger partial charge in [0.05, 0.1) is 0 Å². The van der Waals surface area contributed by atoms with Gasteiger partial charge < -0.3 is 15.9 Å². The summed E-state index contributed by atoms with van der Waals surface area (Å²) in [4.78, 5) is 0. The first-order valence-corrected chi connectivity index (χ1v) is 3.87. The van der Waals surface area contributed by atoms with Crippen LogP contribution in [0.3, 0.4) is 0 Å². The third-order valence-corrected chi connectivity index (χ3v) is 1.90. The van der Waals surface area contributed by atoms with Crippen LogP contribution in [0, 0.1) is 0 Å². The van der Waals surface area contributed by atoms with Crippen molar-refractivity contribution in [2.45, 2.75) is 12.8 Å². The summed E-state index contributed by atoms with van der Waals surface area (Å²) in [5.74, 6) is 0.291. The molecular formula is C9H13NO2. The maximum absolute atomic E-state index is 9.38. The molecule has 1 rings (SSSR count). The van der Waals surface area contributed by atoms with E-state index in [2.05, 4.69) is 0 Å². The van der Waals surface area contributed by atoms with Gasteiger partial charge in [0.1, 0.15) is 11.5 Å². The molecule has 3 heteroatoms. The van der Waals surface area contributed by atoms with E-state index in [9.17, 15) is 5.11 Å². The molecule has 0 aromatic heterocycles. The van der Waals surface area contributed by atoms with Gasteiger partial charge in [-0.2, -0.15) is 0 Å². The van der Waals surface area contributed by atoms with Crippen LogP contribution in [0.4, 0.5) is 0 Å². The summed E-state index contributed by atoms with van der Waals surface area (Å²) in [6.07, 6.45) is 0. The van der Waals surface area contributed by atoms with Crippen LogP contribution in [0.15, 0.2) is 18.2 Å². The molecule has 3 nitrogen and oxygen atoms in total. The number of benzene rings is 1. The Bertz CT molecular complexity index is 273. The molecule has 1 unspecified atom stereocenters. The summed E-state index contributed by atoms with van der Waals surface area (Å²) < 4.78 is 0. The largest absolute Gasteiger partial charge is 0.508 e. The van der Waals surface area contributed by atoms with Crippen molar-refractivity contribution >= 4 is 0 Å². The fourth-order valence-electron chi connectivity index (χ4n) is 1.08. The van der Waals surface area contributed by atoms with E-state index in [1.54, 1.807) is 12.1 Å². The predicted molar refractivity (Wildman–Crippen MR) is 47.2 cm³/mol. The van der Waals surface area contributed by atoms with E-state index in [4.69, 9.17) is 10.8 Å². The molecule has 1 aromatic rings. The lowest BCUT2D eigenvalue weighted by molar-refractivity contribution is 0.443. The van der Waals surface area contributed by atoms with Crippen LogP contribution >= 0.6 is 0 Å². The number of rotatable bonds is 2. The number of hydrogen-bond acceptors (Lipinski definition) is 3. The molecule has 12 heavy (non-hydrogen) atoms. The molecule has 0 aliphatic heterocycles. The Morgan fingerprint density at radius 2 is 2.08 bits per heavy atom. The van der Waals surface area contributed by atoms with Gasteiger partial charge in [-0.3, -0.25) is 0 Å². The summed E-state index contributed by atoms with van der Waals surface area (Å²) in [6, 6.07) is 4.55. The van der Waals surface area contributed by atoms with Crippen molar-refractivity contribution in [3.63, 3.8) is 0 Å². The highest BCUT2D eigenvalue weighted by atomic mass is 16.3. The lowest BCUT2D eigenvalue weighted by Crippen LogP contribution is -2.08. The first kappa shape index (κ1) is 8.87. The molecule has 4 N–H and O–H groups in total. The van der Waals surface area contributed by atoms with Gasteiger partial charge in [-0.15, -0.1) is 0 Å². The maximum atomic E-state index is 9.38. The summed E-state index contributed by atoms with van der Waals surface area (Å²) in [5, 5.41) is 18.4. The molecule has 0 bridgehead atoms. The zero-order chi connectivity index (χ0) is 9.14. The van der Waals surface area contributed by atoms with Gasteiger partial charge in [0.2, 0.25) is 0 Å². The lowest BCUT2D eigenvalue weighted by Gasteiger charge is -2.10. The second-order valence-corrected chi connectivity index (χ2v) is 2.88. The number of phenols is 2. The monoisotopic (exact) mass is 167 g/mol. The smallest absolute Gasteiger partial charge is 0.122 e. The minimum Gasteiger partial charge on any atom is -0.508 e. The highest BCUT2D eigenvalue weighted by Crippen LogP contribution is 2.28. The number of nitrogens with two attached hydrogens (primary N) is 1. The summed E-state index contributed by atoms with van der Waals surface area (Å²) in [7, 11) is 0. The molecular weight excluding hydrogens is 154 g/mol. The molecule has 0 heterocycles. The van der Waals surface area contributed by atoms with Crippen LogP contribution in [0.1, 0.15) is 18.4 Å². The molecule has 0 spiro atoms. The highest BCUT2D eigenvalue weighted by Gasteiger charge is 2.08. The van der Waals surface area contributed by atoms with Crippen LogP contribution < -0.4 is 5.73 Å². The van der Waals surface area contributed by atoms with Crippen LogP contribution in [0.25, 0.3) is 0 Å². The Balaban J connectivity index is 3.01. The third kappa shape index (κ3) is 1.68. The first-order valence-electron chi connectivity index (χ1n) is 3.87. The second kappa shape index (κ2) is 3.45. The van der Waals surface area contributed by atoms with E-state index in [0.717, 1.165) is 5.56 Å². The second-order valence-electron chi connectivity index (χ2n) is 2.88. The molecule has 0 radical (unpaired) electrons. The zero-order valence-electron chi connectivity index (χ0n) is 6.99. The summed E-state index contributed by atoms with van der Waals surface area (Å²) >= 11 is 0. The van der Waals surface area contributed by atoms with Gasteiger partial charge in [0.25, 0.3) is 0 Å². The molecule has 0 fully saturated rings. The predicted octanol–water partition coefficient (Wildman–Crippen LogP) is 1.16. The minimum absolute atomic E-state index is 0.0699. The Morgan fingerprint density at radius 3 is 2.58 bits per heavy atom. The summed E-state index contributed by atoms with van der Waals surface area (Å²) in [5.41, 5.74) is 6.21. The molecule has 0 amide bonds. The molecule has 0 saturated heterocycles. The van der Waals surface area contributed by atoms with Crippen molar-refractivity contribution in [1.29, 1.82) is 0 Å². The van der Waals surface area contributed by atoms with Crippen LogP contribution in [0.5, 0.6) is 11.5 Å². The van der Waals surface area contributed by atoms with Crippen molar-refractivity contribution in [3.05, 3.63) is 23.8 Å². The van der Waals surface area contributed by atoms with E-state index in [1.165, 1.54) is 6.07 Å². The Hall–Kier alpha value is -1.22. The zero-order valence-corrected chi connectivity index (χ0v) is 6.99. The topological polar surface area (TPSA) is 66.5 Å². The van der Waals surface area contributed by atoms with Crippen molar-refractivity contribution in [3.8, 4) is 11.5 Å². The van der Waals surface area contributed by atoms with Gasteiger partial charge in [0, 0.05) is 6.07 Å². The fraction of sp³-hybridized carbons (Fsp3) is 0.333. The Labute approximate surface area is 71.5 Å². The molecule has 66 valence electrons. The average molecular weight is 167 g/mol. The van der Waals surface area contributed by atoms with E-state index in [-0.39, 0.29) is 17.4 Å². The average Bonchev–Trinajstić information content (AvgIpc) is 2.03. The van der Waals surface area contributed by atoms with E-state index in [0.29, 0.717) is 6.54 Å². The number of aromatic hydroxyl groups is 2. The maximum Gasteiger partial charge on any atom is 0.122 e. The molecule has 0 aliphatic rings. The molecule has 1 aromatic carbocycles. The van der Waals surface area contributed by atoms with Crippen LogP contribution in [-0.2, 0) is 0 Å². The molecule has 0 aliphatic carbocycles. The third-order valence-electron chi connectivity index (χ3n) is 1.90. The van der Waals surface area contributed by atoms with E-state index in [1.807, 2.05) is 6.92 Å². The van der Waals surface area contributed by atoms with Gasteiger partial charge in [0.15, 0.2) is 0 Å². The number of hydrogen-bond donors (Lipinski definition) is 3. The molecule has 0 saturated carbocycles. The van der Waals surface area contributed by atoms with Gasteiger partial charge in [-0.1, -0.05) is 13.0 Å². The minimum atomic E-state index is 0.0699. The van der Waals surface area contributed by atoms with E-state index >= 15 is 0 Å². The normalized spacial score (nSPS) is 12.8. The standard InChI is InChI=1S/C9H13NO2/c1-6(5-10)8-3-2-7(11)4-9(8)12/h2-4,6,11-12H,5,10H2,1H3. The van der Waals surface area contributed by atoms with Gasteiger partial charge in [-0.05, 0) is 24.1 Å². The van der Waals surface area contributed by atoms with Gasteiger partial charge >= 0.3 is 0 Å². The van der Waals surface area contributed by atoms with Gasteiger partial charge in [-0.25, -0.2) is 0 Å². The SMILES string of the molecule is CC(CN)c1ccc(O)cc1O. The van der Waals surface area contributed by atoms with Crippen molar-refractivity contribution in [2.24, 2.45) is 5.73 Å². The van der Waals surface area contributed by atoms with Crippen LogP contribution in [-0.4, -0.2) is 16.8 Å². The molecule has 1 atom stereocenters. The Morgan fingerprint density at radius 1 is 1.42 bits per heavy atom. The lowest BCUT2D eigenvalue weighted by atomic mass is 10.0. The summed E-state index contributed by atoms with van der Waals surface area (Å²) in [6.45, 7) is 2.41. The highest BCUT2D eigenvalue weighted by molar-refractivity contribution is 5.40. The quantitative estimate of drug-likeness (QED) is 0.619.